The summed E-state index contributed by atoms with van der Waals surface area (Å²) in [7, 11) is -4.94. The molecule has 0 unspecified atom stereocenters. The van der Waals surface area contributed by atoms with Crippen LogP contribution < -0.4 is 18.6 Å². The Kier molecular flexibility index (Phi) is 7.12. The normalized spacial score (nSPS) is 17.8. The number of benzene rings is 1. The fraction of sp³-hybridized carbons (Fsp3) is 0.269. The van der Waals surface area contributed by atoms with Crippen LogP contribution in [0.4, 0.5) is 0 Å². The molecule has 0 bridgehead atoms. The topological polar surface area (TPSA) is 117 Å². The average molecular weight is 469 g/mol. The first-order valence-electron chi connectivity index (χ1n) is 10.9. The molecule has 172 valence electrons. The lowest BCUT2D eigenvalue weighted by Crippen LogP contribution is -2.68. The van der Waals surface area contributed by atoms with E-state index in [0.29, 0.717) is 0 Å². The molecule has 0 saturated heterocycles. The molecule has 0 fully saturated rings. The highest BCUT2D eigenvalue weighted by atomic mass is 35.7. The first-order chi connectivity index (χ1) is 15.8. The smallest absolute Gasteiger partial charge is 0.360 e. The summed E-state index contributed by atoms with van der Waals surface area (Å²) < 4.78 is 46.2. The largest absolute Gasteiger partial charge is 0.465 e. The third kappa shape index (κ3) is 5.99. The first kappa shape index (κ1) is 23.4. The fourth-order valence-electron chi connectivity index (χ4n) is 4.58. The van der Waals surface area contributed by atoms with Gasteiger partial charge in [0.15, 0.2) is 0 Å². The molecule has 33 heavy (non-hydrogen) atoms. The summed E-state index contributed by atoms with van der Waals surface area (Å²) in [5.41, 5.74) is 8.05. The first-order valence-corrected chi connectivity index (χ1v) is 12.1. The van der Waals surface area contributed by atoms with Crippen molar-refractivity contribution in [2.75, 3.05) is 0 Å². The molecule has 2 heterocycles. The molecule has 7 heteroatoms. The van der Waals surface area contributed by atoms with E-state index < -0.39 is 10.2 Å². The van der Waals surface area contributed by atoms with Crippen LogP contribution in [-0.2, 0) is 12.8 Å². The molecular formula is C26H25ClO6. The average Bonchev–Trinajstić information content (AvgIpc) is 3.28. The second-order valence-corrected chi connectivity index (χ2v) is 8.95. The van der Waals surface area contributed by atoms with Gasteiger partial charge >= 0.3 is 11.5 Å². The Labute approximate surface area is 194 Å². The highest BCUT2D eigenvalue weighted by Gasteiger charge is 2.35. The number of allylic oxidation sites excluding steroid dienone is 2. The molecule has 2 aromatic heterocycles. The van der Waals surface area contributed by atoms with Gasteiger partial charge in [-0.05, 0) is 80.9 Å². The Bertz CT molecular complexity index is 1150. The Balaban J connectivity index is 0.000000471. The van der Waals surface area contributed by atoms with E-state index in [1.165, 1.54) is 46.2 Å². The summed E-state index contributed by atoms with van der Waals surface area (Å²) in [4.78, 5) is 0. The minimum atomic E-state index is -4.94. The zero-order valence-corrected chi connectivity index (χ0v) is 19.1. The van der Waals surface area contributed by atoms with Gasteiger partial charge in [-0.3, -0.25) is 0 Å². The van der Waals surface area contributed by atoms with E-state index in [0.717, 1.165) is 43.0 Å². The number of rotatable bonds is 2. The zero-order valence-electron chi connectivity index (χ0n) is 18.3. The molecule has 6 nitrogen and oxygen atoms in total. The molecule has 0 aliphatic heterocycles. The number of fused-ring (bicyclic) bond motifs is 2. The molecule has 0 N–H and O–H groups in total. The summed E-state index contributed by atoms with van der Waals surface area (Å²) in [5.74, 6) is 3.06. The lowest BCUT2D eigenvalue weighted by Gasteiger charge is -2.19. The van der Waals surface area contributed by atoms with E-state index >= 15 is 0 Å². The lowest BCUT2D eigenvalue weighted by molar-refractivity contribution is -2.00. The maximum absolute atomic E-state index is 8.49. The van der Waals surface area contributed by atoms with Gasteiger partial charge in [-0.15, -0.1) is 10.2 Å². The van der Waals surface area contributed by atoms with Gasteiger partial charge in [-0.25, -0.2) is 23.1 Å². The van der Waals surface area contributed by atoms with Crippen LogP contribution in [0.15, 0.2) is 57.6 Å². The van der Waals surface area contributed by atoms with Crippen LogP contribution in [0.3, 0.4) is 0 Å². The van der Waals surface area contributed by atoms with E-state index in [1.54, 1.807) is 6.26 Å². The number of hydrogen-bond donors (Lipinski definition) is 0. The maximum atomic E-state index is 8.49. The van der Waals surface area contributed by atoms with Crippen LogP contribution in [0.25, 0.3) is 23.3 Å². The third-order valence-corrected chi connectivity index (χ3v) is 5.99. The SMILES string of the molecule is Cc1c2c([o+]c3c1CCC/C3=C\c1ccco1)/C(=C/c1ccccc1)CCC2.[O-][Cl+3]([O-])([O-])[O-]. The quantitative estimate of drug-likeness (QED) is 0.533. The number of halogens is 1. The summed E-state index contributed by atoms with van der Waals surface area (Å²) >= 11 is 0. The van der Waals surface area contributed by atoms with Gasteiger partial charge in [0.1, 0.15) is 5.76 Å². The molecule has 3 aromatic rings. The highest BCUT2D eigenvalue weighted by molar-refractivity contribution is 5.85. The minimum absolute atomic E-state index is 0.897. The van der Waals surface area contributed by atoms with Crippen molar-refractivity contribution >= 4 is 23.3 Å². The molecule has 0 amide bonds. The summed E-state index contributed by atoms with van der Waals surface area (Å²) in [6, 6.07) is 14.5. The fourth-order valence-corrected chi connectivity index (χ4v) is 4.58. The number of furan rings is 1. The Morgan fingerprint density at radius 2 is 1.36 bits per heavy atom. The van der Waals surface area contributed by atoms with E-state index in [4.69, 9.17) is 27.5 Å². The van der Waals surface area contributed by atoms with Crippen LogP contribution in [-0.4, -0.2) is 0 Å². The van der Waals surface area contributed by atoms with Crippen molar-refractivity contribution in [2.45, 2.75) is 45.4 Å². The predicted octanol–water partition coefficient (Wildman–Crippen LogP) is 2.46. The van der Waals surface area contributed by atoms with Crippen molar-refractivity contribution in [1.82, 2.24) is 0 Å². The molecule has 5 rings (SSSR count). The van der Waals surface area contributed by atoms with Crippen LogP contribution in [0.2, 0.25) is 0 Å². The van der Waals surface area contributed by atoms with Gasteiger partial charge in [0, 0.05) is 0 Å². The maximum Gasteiger partial charge on any atom is 0.360 e. The summed E-state index contributed by atoms with van der Waals surface area (Å²) in [6.45, 7) is 2.29. The predicted molar refractivity (Wildman–Crippen MR) is 115 cm³/mol. The van der Waals surface area contributed by atoms with E-state index in [1.807, 2.05) is 12.1 Å². The summed E-state index contributed by atoms with van der Waals surface area (Å²) in [6.07, 6.45) is 12.9. The van der Waals surface area contributed by atoms with Crippen LogP contribution in [0.5, 0.6) is 0 Å². The lowest BCUT2D eigenvalue weighted by atomic mass is 9.83. The molecule has 0 spiro atoms. The van der Waals surface area contributed by atoms with Crippen LogP contribution >= 0.6 is 0 Å². The van der Waals surface area contributed by atoms with Crippen molar-refractivity contribution in [1.29, 1.82) is 0 Å². The van der Waals surface area contributed by atoms with E-state index in [-0.39, 0.29) is 0 Å². The van der Waals surface area contributed by atoms with Gasteiger partial charge in [0.25, 0.3) is 0 Å². The second kappa shape index (κ2) is 10.0. The van der Waals surface area contributed by atoms with Gasteiger partial charge < -0.3 is 4.42 Å². The molecule has 1 aromatic carbocycles. The molecule has 0 radical (unpaired) electrons. The van der Waals surface area contributed by atoms with Crippen molar-refractivity contribution in [3.8, 4) is 0 Å². The van der Waals surface area contributed by atoms with Crippen molar-refractivity contribution in [2.24, 2.45) is 0 Å². The molecular weight excluding hydrogens is 444 g/mol. The minimum Gasteiger partial charge on any atom is -0.465 e. The van der Waals surface area contributed by atoms with Gasteiger partial charge in [-0.1, -0.05) is 30.3 Å². The third-order valence-electron chi connectivity index (χ3n) is 5.99. The zero-order chi connectivity index (χ0) is 23.4. The van der Waals surface area contributed by atoms with Gasteiger partial charge in [0.05, 0.1) is 28.5 Å². The standard InChI is InChI=1S/C26H25O2.ClHO4/c1-18-23-13-5-10-20(16-19-8-3-2-4-9-19)25(23)28-26-21(11-6-14-24(18)26)17-22-12-7-15-27-22;2-1(3,4)5/h2-4,7-9,12,15-17H,5-6,10-11,13-14H2,1H3;(H,2,3,4,5)/q+1;/p-1/b20-16+;. The van der Waals surface area contributed by atoms with Crippen molar-refractivity contribution in [3.63, 3.8) is 0 Å². The van der Waals surface area contributed by atoms with Gasteiger partial charge in [0.2, 0.25) is 0 Å². The monoisotopic (exact) mass is 468 g/mol. The molecule has 2 aliphatic rings. The Hall–Kier alpha value is -2.74. The van der Waals surface area contributed by atoms with Crippen molar-refractivity contribution in [3.05, 3.63) is 88.3 Å². The molecule has 2 aliphatic carbocycles. The van der Waals surface area contributed by atoms with E-state index in [2.05, 4.69) is 49.4 Å². The number of hydrogen-bond acceptors (Lipinski definition) is 5. The second-order valence-electron chi connectivity index (χ2n) is 8.19. The van der Waals surface area contributed by atoms with Crippen LogP contribution in [0.1, 0.15) is 65.2 Å². The molecule has 0 atom stereocenters. The van der Waals surface area contributed by atoms with Gasteiger partial charge in [-0.2, -0.15) is 0 Å². The summed E-state index contributed by atoms with van der Waals surface area (Å²) in [5, 5.41) is 0. The Morgan fingerprint density at radius 3 is 1.91 bits per heavy atom. The Morgan fingerprint density at radius 1 is 0.788 bits per heavy atom. The van der Waals surface area contributed by atoms with Crippen LogP contribution in [0, 0.1) is 17.2 Å². The molecule has 0 saturated carbocycles. The highest BCUT2D eigenvalue weighted by Crippen LogP contribution is 2.42. The van der Waals surface area contributed by atoms with E-state index in [9.17, 15) is 0 Å². The van der Waals surface area contributed by atoms with Crippen molar-refractivity contribution < 1.29 is 37.7 Å².